The Bertz CT molecular complexity index is 1160. The lowest BCUT2D eigenvalue weighted by molar-refractivity contribution is -0.154. The molecule has 8 nitrogen and oxygen atoms in total. The molecule has 0 spiro atoms. The lowest BCUT2D eigenvalue weighted by Gasteiger charge is -2.44. The average molecular weight is 454 g/mol. The van der Waals surface area contributed by atoms with Crippen molar-refractivity contribution in [2.45, 2.75) is 52.6 Å². The van der Waals surface area contributed by atoms with E-state index in [1.807, 2.05) is 45.9 Å². The highest BCUT2D eigenvalue weighted by molar-refractivity contribution is 7.15. The highest BCUT2D eigenvalue weighted by atomic mass is 32.1. The molecule has 32 heavy (non-hydrogen) atoms. The Labute approximate surface area is 190 Å². The largest absolute Gasteiger partial charge is 0.481 e. The second-order valence-corrected chi connectivity index (χ2v) is 10.2. The van der Waals surface area contributed by atoms with Crippen molar-refractivity contribution >= 4 is 28.9 Å². The topological polar surface area (TPSA) is 121 Å². The zero-order valence-electron chi connectivity index (χ0n) is 18.6. The van der Waals surface area contributed by atoms with E-state index in [9.17, 15) is 15.0 Å². The zero-order chi connectivity index (χ0) is 23.1. The molecule has 3 heterocycles. The van der Waals surface area contributed by atoms with Gasteiger partial charge in [-0.15, -0.1) is 11.3 Å². The van der Waals surface area contributed by atoms with Crippen molar-refractivity contribution in [3.05, 3.63) is 47.0 Å². The zero-order valence-corrected chi connectivity index (χ0v) is 19.4. The van der Waals surface area contributed by atoms with Gasteiger partial charge in [0, 0.05) is 29.5 Å². The molecule has 0 aliphatic heterocycles. The molecule has 0 saturated heterocycles. The molecule has 3 aromatic heterocycles. The first-order valence-corrected chi connectivity index (χ1v) is 11.3. The van der Waals surface area contributed by atoms with Crippen LogP contribution in [0.3, 0.4) is 0 Å². The number of aromatic nitrogens is 4. The van der Waals surface area contributed by atoms with Crippen LogP contribution in [0.2, 0.25) is 0 Å². The van der Waals surface area contributed by atoms with Crippen LogP contribution in [0.5, 0.6) is 0 Å². The van der Waals surface area contributed by atoms with Gasteiger partial charge in [-0.2, -0.15) is 0 Å². The van der Waals surface area contributed by atoms with Gasteiger partial charge in [-0.1, -0.05) is 13.8 Å². The number of hydrogen-bond donors (Lipinski definition) is 3. The number of carboxylic acid groups (broad SMARTS) is 1. The number of rotatable bonds is 5. The number of aryl methyl sites for hydroxylation is 2. The highest BCUT2D eigenvalue weighted by Crippen LogP contribution is 2.50. The van der Waals surface area contributed by atoms with Gasteiger partial charge in [-0.25, -0.2) is 15.0 Å². The molecule has 3 aromatic rings. The molecule has 1 aliphatic carbocycles. The Hall–Kier alpha value is -2.91. The Balaban J connectivity index is 1.60. The molecule has 0 unspecified atom stereocenters. The minimum atomic E-state index is -1.14. The molecule has 0 bridgehead atoms. The van der Waals surface area contributed by atoms with E-state index in [1.165, 1.54) is 11.3 Å². The van der Waals surface area contributed by atoms with Crippen LogP contribution in [-0.2, 0) is 10.4 Å². The van der Waals surface area contributed by atoms with Crippen LogP contribution >= 0.6 is 11.3 Å². The average Bonchev–Trinajstić information content (AvgIpc) is 3.17. The number of pyridine rings is 1. The number of carboxylic acids is 1. The second-order valence-electron chi connectivity index (χ2n) is 9.19. The molecule has 1 aliphatic rings. The van der Waals surface area contributed by atoms with Crippen LogP contribution in [0.4, 0.5) is 11.6 Å². The predicted octanol–water partition coefficient (Wildman–Crippen LogP) is 4.45. The van der Waals surface area contributed by atoms with Crippen LogP contribution in [0.25, 0.3) is 10.6 Å². The van der Waals surface area contributed by atoms with Crippen molar-refractivity contribution in [3.8, 4) is 10.6 Å². The standard InChI is InChI=1S/C23H27N5O3S/c1-13-6-8-24-21(27-13)28-15-9-14(2)26-17(10-15)18-11-25-20(32-18)23(31)7-5-16(19(29)30)22(3,4)12-23/h6,8-11,16,31H,5,7,12H2,1-4H3,(H,29,30)(H,24,26,27,28)/t16-,23+/m0/s1. The number of aliphatic carboxylic acids is 1. The van der Waals surface area contributed by atoms with E-state index in [-0.39, 0.29) is 0 Å². The van der Waals surface area contributed by atoms with Crippen molar-refractivity contribution in [2.75, 3.05) is 5.32 Å². The third-order valence-corrected chi connectivity index (χ3v) is 7.21. The Morgan fingerprint density at radius 2 is 1.97 bits per heavy atom. The van der Waals surface area contributed by atoms with E-state index in [0.29, 0.717) is 30.2 Å². The molecule has 1 saturated carbocycles. The molecule has 2 atom stereocenters. The number of carbonyl (C=O) groups is 1. The second kappa shape index (κ2) is 8.22. The fourth-order valence-corrected chi connectivity index (χ4v) is 5.48. The van der Waals surface area contributed by atoms with Crippen molar-refractivity contribution < 1.29 is 15.0 Å². The Morgan fingerprint density at radius 3 is 2.66 bits per heavy atom. The Morgan fingerprint density at radius 1 is 1.19 bits per heavy atom. The summed E-state index contributed by atoms with van der Waals surface area (Å²) in [7, 11) is 0. The van der Waals surface area contributed by atoms with Gasteiger partial charge in [0.15, 0.2) is 0 Å². The maximum Gasteiger partial charge on any atom is 0.307 e. The van der Waals surface area contributed by atoms with Gasteiger partial charge in [-0.3, -0.25) is 9.78 Å². The smallest absolute Gasteiger partial charge is 0.307 e. The summed E-state index contributed by atoms with van der Waals surface area (Å²) in [4.78, 5) is 30.2. The lowest BCUT2D eigenvalue weighted by atomic mass is 9.63. The molecule has 0 aromatic carbocycles. The van der Waals surface area contributed by atoms with E-state index in [2.05, 4.69) is 25.3 Å². The normalized spacial score (nSPS) is 22.5. The monoisotopic (exact) mass is 453 g/mol. The van der Waals surface area contributed by atoms with E-state index in [0.717, 1.165) is 27.6 Å². The minimum Gasteiger partial charge on any atom is -0.481 e. The molecule has 168 valence electrons. The van der Waals surface area contributed by atoms with Crippen LogP contribution < -0.4 is 5.32 Å². The van der Waals surface area contributed by atoms with Gasteiger partial charge < -0.3 is 15.5 Å². The van der Waals surface area contributed by atoms with Crippen molar-refractivity contribution in [1.82, 2.24) is 19.9 Å². The molecular weight excluding hydrogens is 426 g/mol. The fraction of sp³-hybridized carbons (Fsp3) is 0.435. The van der Waals surface area contributed by atoms with E-state index < -0.39 is 22.9 Å². The van der Waals surface area contributed by atoms with Crippen molar-refractivity contribution in [3.63, 3.8) is 0 Å². The van der Waals surface area contributed by atoms with Crippen LogP contribution in [0.15, 0.2) is 30.6 Å². The van der Waals surface area contributed by atoms with Gasteiger partial charge in [-0.05, 0) is 56.7 Å². The quantitative estimate of drug-likeness (QED) is 0.518. The first-order valence-electron chi connectivity index (χ1n) is 10.5. The third-order valence-electron chi connectivity index (χ3n) is 6.00. The van der Waals surface area contributed by atoms with Crippen LogP contribution in [0.1, 0.15) is 49.5 Å². The van der Waals surface area contributed by atoms with Crippen LogP contribution in [0, 0.1) is 25.2 Å². The van der Waals surface area contributed by atoms with Crippen molar-refractivity contribution in [1.29, 1.82) is 0 Å². The third kappa shape index (κ3) is 4.49. The molecule has 4 rings (SSSR count). The van der Waals surface area contributed by atoms with Gasteiger partial charge in [0.05, 0.1) is 16.5 Å². The summed E-state index contributed by atoms with van der Waals surface area (Å²) in [5.74, 6) is -0.769. The maximum atomic E-state index is 11.6. The minimum absolute atomic E-state index is 0.350. The number of anilines is 2. The summed E-state index contributed by atoms with van der Waals surface area (Å²) in [6.45, 7) is 7.62. The predicted molar refractivity (Wildman–Crippen MR) is 123 cm³/mol. The first-order chi connectivity index (χ1) is 15.1. The van der Waals surface area contributed by atoms with E-state index in [1.54, 1.807) is 12.4 Å². The number of nitrogens with zero attached hydrogens (tertiary/aromatic N) is 4. The van der Waals surface area contributed by atoms with Crippen molar-refractivity contribution in [2.24, 2.45) is 11.3 Å². The van der Waals surface area contributed by atoms with Gasteiger partial charge >= 0.3 is 5.97 Å². The number of thiazole rings is 1. The van der Waals surface area contributed by atoms with Crippen LogP contribution in [-0.4, -0.2) is 36.1 Å². The summed E-state index contributed by atoms with van der Waals surface area (Å²) in [6.07, 6.45) is 4.57. The van der Waals surface area contributed by atoms with E-state index in [4.69, 9.17) is 0 Å². The summed E-state index contributed by atoms with van der Waals surface area (Å²) >= 11 is 1.40. The summed E-state index contributed by atoms with van der Waals surface area (Å²) in [5.41, 5.74) is 1.58. The first kappa shape index (κ1) is 22.3. The molecule has 0 amide bonds. The van der Waals surface area contributed by atoms with Gasteiger partial charge in [0.1, 0.15) is 10.6 Å². The molecule has 1 fully saturated rings. The summed E-state index contributed by atoms with van der Waals surface area (Å²) in [5, 5.41) is 24.7. The number of hydrogen-bond acceptors (Lipinski definition) is 8. The molecule has 9 heteroatoms. The van der Waals surface area contributed by atoms with E-state index >= 15 is 0 Å². The van der Waals surface area contributed by atoms with Gasteiger partial charge in [0.2, 0.25) is 5.95 Å². The Kier molecular flexibility index (Phi) is 5.72. The highest BCUT2D eigenvalue weighted by Gasteiger charge is 2.49. The van der Waals surface area contributed by atoms with Gasteiger partial charge in [0.25, 0.3) is 0 Å². The summed E-state index contributed by atoms with van der Waals surface area (Å²) in [6, 6.07) is 5.66. The summed E-state index contributed by atoms with van der Waals surface area (Å²) < 4.78 is 0. The number of aliphatic hydroxyl groups is 1. The maximum absolute atomic E-state index is 11.6. The molecular formula is C23H27N5O3S. The molecule has 3 N–H and O–H groups in total. The lowest BCUT2D eigenvalue weighted by Crippen LogP contribution is -2.44. The fourth-order valence-electron chi connectivity index (χ4n) is 4.49. The SMILES string of the molecule is Cc1cc(Nc2nccc(C)n2)cc(-c2cnc([C@@]3(O)CC[C@@H](C(=O)O)C(C)(C)C3)s2)n1. The molecule has 0 radical (unpaired) electrons. The number of nitrogens with one attached hydrogen (secondary N) is 1.